The number of aromatic nitrogens is 1. The maximum absolute atomic E-state index is 6.14. The van der Waals surface area contributed by atoms with Gasteiger partial charge in [0.1, 0.15) is 11.5 Å². The molecule has 3 rings (SSSR count). The van der Waals surface area contributed by atoms with Crippen molar-refractivity contribution in [3.63, 3.8) is 0 Å². The summed E-state index contributed by atoms with van der Waals surface area (Å²) in [4.78, 5) is 4.26. The minimum atomic E-state index is 0.537. The van der Waals surface area contributed by atoms with E-state index in [9.17, 15) is 0 Å². The molecule has 0 amide bonds. The number of anilines is 1. The molecule has 0 saturated heterocycles. The summed E-state index contributed by atoms with van der Waals surface area (Å²) in [5, 5.41) is 2.14. The normalized spacial score (nSPS) is 12.4. The molecule has 0 unspecified atom stereocenters. The third-order valence-electron chi connectivity index (χ3n) is 3.80. The molecule has 0 aliphatic heterocycles. The van der Waals surface area contributed by atoms with Crippen LogP contribution in [-0.2, 0) is 0 Å². The molecule has 3 aromatic rings. The molecule has 0 aliphatic rings. The second-order valence-corrected chi connectivity index (χ2v) is 6.57. The highest BCUT2D eigenvalue weighted by molar-refractivity contribution is 7.22. The van der Waals surface area contributed by atoms with E-state index in [1.165, 1.54) is 11.3 Å². The second-order valence-electron chi connectivity index (χ2n) is 5.51. The molecule has 2 aromatic carbocycles. The van der Waals surface area contributed by atoms with E-state index in [2.05, 4.69) is 11.6 Å². The molecule has 0 aliphatic carbocycles. The van der Waals surface area contributed by atoms with Gasteiger partial charge in [-0.3, -0.25) is 0 Å². The maximum atomic E-state index is 6.14. The zero-order chi connectivity index (χ0) is 18.7. The topological polar surface area (TPSA) is 66.6 Å². The van der Waals surface area contributed by atoms with Crippen LogP contribution in [0.3, 0.4) is 0 Å². The number of ether oxygens (including phenoxy) is 3. The predicted molar refractivity (Wildman–Crippen MR) is 107 cm³/mol. The Bertz CT molecular complexity index is 1090. The zero-order valence-electron chi connectivity index (χ0n) is 14.9. The zero-order valence-corrected chi connectivity index (χ0v) is 15.7. The fourth-order valence-electron chi connectivity index (χ4n) is 2.59. The molecule has 5 nitrogen and oxygen atoms in total. The van der Waals surface area contributed by atoms with E-state index in [1.807, 2.05) is 49.4 Å². The summed E-state index contributed by atoms with van der Waals surface area (Å²) in [6.07, 6.45) is 3.80. The van der Waals surface area contributed by atoms with Crippen LogP contribution in [0.2, 0.25) is 0 Å². The Morgan fingerprint density at radius 3 is 2.58 bits per heavy atom. The van der Waals surface area contributed by atoms with Crippen LogP contribution in [0.1, 0.15) is 6.92 Å². The lowest BCUT2D eigenvalue weighted by Gasteiger charge is -2.10. The molecule has 0 fully saturated rings. The Balaban J connectivity index is 2.13. The summed E-state index contributed by atoms with van der Waals surface area (Å²) in [5.41, 5.74) is 6.63. The Morgan fingerprint density at radius 2 is 1.88 bits per heavy atom. The fraction of sp³-hybridized carbons (Fsp3) is 0.150. The van der Waals surface area contributed by atoms with Crippen LogP contribution in [0, 0.1) is 0 Å². The number of rotatable bonds is 5. The van der Waals surface area contributed by atoms with E-state index in [0.29, 0.717) is 28.1 Å². The van der Waals surface area contributed by atoms with Crippen LogP contribution in [0.4, 0.5) is 5.13 Å². The van der Waals surface area contributed by atoms with Gasteiger partial charge in [0.15, 0.2) is 16.6 Å². The molecular formula is C20H20N2O3S. The summed E-state index contributed by atoms with van der Waals surface area (Å²) in [6, 6.07) is 9.38. The van der Waals surface area contributed by atoms with Crippen LogP contribution >= 0.6 is 11.3 Å². The summed E-state index contributed by atoms with van der Waals surface area (Å²) in [5.74, 6) is 2.60. The lowest BCUT2D eigenvalue weighted by Crippen LogP contribution is -2.27. The van der Waals surface area contributed by atoms with Gasteiger partial charge in [0, 0.05) is 11.3 Å². The summed E-state index contributed by atoms with van der Waals surface area (Å²) < 4.78 is 17.9. The number of nitrogen functional groups attached to an aromatic ring is 1. The lowest BCUT2D eigenvalue weighted by atomic mass is 10.2. The van der Waals surface area contributed by atoms with E-state index in [0.717, 1.165) is 20.7 Å². The number of nitrogens with two attached hydrogens (primary N) is 1. The Labute approximate surface area is 155 Å². The van der Waals surface area contributed by atoms with Gasteiger partial charge >= 0.3 is 0 Å². The standard InChI is InChI=1S/C20H20N2O3S/c1-5-6-16(14-11-18(24-4)17(23-3)9-12(14)2)25-13-7-8-15-19(10-13)26-20(21)22-15/h5-11H,2H2,1,3-4H3,(H2,21,22)/b6-5-,16-14+. The molecule has 134 valence electrons. The molecule has 0 bridgehead atoms. The molecule has 0 radical (unpaired) electrons. The molecule has 1 heterocycles. The minimum Gasteiger partial charge on any atom is -0.493 e. The number of nitrogens with zero attached hydrogens (tertiary/aromatic N) is 1. The SMILES string of the molecule is C=c1cc(OC)c(OC)c/c1=C(/C=C\C)Oc1ccc2nc(N)sc2c1. The van der Waals surface area contributed by atoms with Crippen molar-refractivity contribution in [2.45, 2.75) is 6.92 Å². The van der Waals surface area contributed by atoms with Gasteiger partial charge in [-0.05, 0) is 42.5 Å². The fourth-order valence-corrected chi connectivity index (χ4v) is 3.36. The van der Waals surface area contributed by atoms with Gasteiger partial charge < -0.3 is 19.9 Å². The van der Waals surface area contributed by atoms with Crippen LogP contribution in [-0.4, -0.2) is 19.2 Å². The second kappa shape index (κ2) is 7.49. The van der Waals surface area contributed by atoms with Crippen LogP contribution < -0.4 is 30.4 Å². The van der Waals surface area contributed by atoms with E-state index in [1.54, 1.807) is 14.2 Å². The van der Waals surface area contributed by atoms with E-state index < -0.39 is 0 Å². The van der Waals surface area contributed by atoms with Gasteiger partial charge in [0.2, 0.25) is 0 Å². The smallest absolute Gasteiger partial charge is 0.181 e. The van der Waals surface area contributed by atoms with Gasteiger partial charge in [0.05, 0.1) is 24.4 Å². The lowest BCUT2D eigenvalue weighted by molar-refractivity contribution is 0.354. The summed E-state index contributed by atoms with van der Waals surface area (Å²) >= 11 is 1.43. The predicted octanol–water partition coefficient (Wildman–Crippen LogP) is 3.07. The number of allylic oxidation sites excluding steroid dienone is 1. The van der Waals surface area contributed by atoms with Crippen molar-refractivity contribution in [1.29, 1.82) is 0 Å². The first kappa shape index (κ1) is 17.8. The average molecular weight is 368 g/mol. The number of hydrogen-bond acceptors (Lipinski definition) is 6. The van der Waals surface area contributed by atoms with Crippen molar-refractivity contribution in [2.75, 3.05) is 20.0 Å². The van der Waals surface area contributed by atoms with Crippen molar-refractivity contribution < 1.29 is 14.2 Å². The van der Waals surface area contributed by atoms with Crippen molar-refractivity contribution >= 4 is 39.0 Å². The Hall–Kier alpha value is -2.99. The average Bonchev–Trinajstić information content (AvgIpc) is 3.00. The third kappa shape index (κ3) is 3.50. The molecule has 6 heteroatoms. The van der Waals surface area contributed by atoms with Crippen molar-refractivity contribution in [3.8, 4) is 17.2 Å². The maximum Gasteiger partial charge on any atom is 0.181 e. The number of methoxy groups -OCH3 is 2. The molecule has 0 saturated carbocycles. The molecule has 0 spiro atoms. The number of fused-ring (bicyclic) bond motifs is 1. The highest BCUT2D eigenvalue weighted by Gasteiger charge is 2.08. The van der Waals surface area contributed by atoms with Gasteiger partial charge in [0.25, 0.3) is 0 Å². The highest BCUT2D eigenvalue weighted by Crippen LogP contribution is 2.28. The summed E-state index contributed by atoms with van der Waals surface area (Å²) in [7, 11) is 3.20. The monoisotopic (exact) mass is 368 g/mol. The first-order chi connectivity index (χ1) is 12.5. The highest BCUT2D eigenvalue weighted by atomic mass is 32.1. The van der Waals surface area contributed by atoms with E-state index >= 15 is 0 Å². The Morgan fingerprint density at radius 1 is 1.15 bits per heavy atom. The van der Waals surface area contributed by atoms with Crippen LogP contribution in [0.5, 0.6) is 17.2 Å². The molecule has 1 aromatic heterocycles. The molecule has 0 atom stereocenters. The van der Waals surface area contributed by atoms with Gasteiger partial charge in [-0.25, -0.2) is 4.98 Å². The number of benzene rings is 2. The minimum absolute atomic E-state index is 0.537. The number of hydrogen-bond donors (Lipinski definition) is 1. The van der Waals surface area contributed by atoms with Gasteiger partial charge in [-0.15, -0.1) is 0 Å². The van der Waals surface area contributed by atoms with Crippen molar-refractivity contribution in [2.24, 2.45) is 0 Å². The summed E-state index contributed by atoms with van der Waals surface area (Å²) in [6.45, 7) is 6.04. The largest absolute Gasteiger partial charge is 0.493 e. The number of thiazole rings is 1. The Kier molecular flexibility index (Phi) is 5.14. The van der Waals surface area contributed by atoms with Crippen LogP contribution in [0.15, 0.2) is 42.5 Å². The first-order valence-corrected chi connectivity index (χ1v) is 8.79. The molecular weight excluding hydrogens is 348 g/mol. The van der Waals surface area contributed by atoms with Crippen LogP contribution in [0.25, 0.3) is 22.6 Å². The van der Waals surface area contributed by atoms with E-state index in [-0.39, 0.29) is 0 Å². The van der Waals surface area contributed by atoms with Crippen molar-refractivity contribution in [3.05, 3.63) is 52.9 Å². The molecule has 2 N–H and O–H groups in total. The third-order valence-corrected chi connectivity index (χ3v) is 4.64. The molecule has 26 heavy (non-hydrogen) atoms. The van der Waals surface area contributed by atoms with E-state index in [4.69, 9.17) is 19.9 Å². The quantitative estimate of drug-likeness (QED) is 0.750. The first-order valence-electron chi connectivity index (χ1n) is 7.97. The van der Waals surface area contributed by atoms with Gasteiger partial charge in [-0.2, -0.15) is 0 Å². The van der Waals surface area contributed by atoms with Crippen molar-refractivity contribution in [1.82, 2.24) is 4.98 Å². The van der Waals surface area contributed by atoms with Gasteiger partial charge in [-0.1, -0.05) is 24.0 Å².